The van der Waals surface area contributed by atoms with E-state index in [4.69, 9.17) is 21.4 Å². The van der Waals surface area contributed by atoms with Gasteiger partial charge in [0.05, 0.1) is 41.3 Å². The molecule has 2 bridgehead atoms. The molecule has 9 nitrogen and oxygen atoms in total. The maximum absolute atomic E-state index is 15.0. The highest BCUT2D eigenvalue weighted by atomic mass is 19.1. The van der Waals surface area contributed by atoms with Gasteiger partial charge >= 0.3 is 0 Å². The summed E-state index contributed by atoms with van der Waals surface area (Å²) in [7, 11) is 13.4. The van der Waals surface area contributed by atoms with Gasteiger partial charge in [-0.3, -0.25) is 9.59 Å². The molecule has 4 fully saturated rings. The first-order valence-corrected chi connectivity index (χ1v) is 14.6. The highest BCUT2D eigenvalue weighted by Gasteiger charge is 2.64. The Hall–Kier alpha value is -2.91. The van der Waals surface area contributed by atoms with Crippen molar-refractivity contribution in [1.82, 2.24) is 9.80 Å². The Bertz CT molecular complexity index is 1280. The molecular weight excluding hydrogens is 565 g/mol. The highest BCUT2D eigenvalue weighted by Crippen LogP contribution is 2.59. The molecule has 2 saturated heterocycles. The lowest BCUT2D eigenvalue weighted by Crippen LogP contribution is -2.57. The number of alkyl halides is 1. The van der Waals surface area contributed by atoms with Gasteiger partial charge in [0.1, 0.15) is 30.9 Å². The monoisotopic (exact) mass is 605 g/mol. The summed E-state index contributed by atoms with van der Waals surface area (Å²) < 4.78 is 29.3. The number of carbonyl (C=O) groups is 3. The first-order chi connectivity index (χ1) is 20.3. The molecule has 2 saturated carbocycles. The Labute approximate surface area is 262 Å². The fourth-order valence-corrected chi connectivity index (χ4v) is 7.66. The summed E-state index contributed by atoms with van der Waals surface area (Å²) in [6, 6.07) is 4.38. The number of halogens is 2. The molecule has 2 amide bonds. The fraction of sp³-hybridized carbons (Fsp3) is 0.667. The smallest absolute Gasteiger partial charge is 0.246 e. The van der Waals surface area contributed by atoms with E-state index < -0.39 is 46.2 Å². The predicted molar refractivity (Wildman–Crippen MR) is 164 cm³/mol. The molecule has 0 aromatic heterocycles. The van der Waals surface area contributed by atoms with Crippen molar-refractivity contribution in [2.75, 3.05) is 18.8 Å². The SMILES string of the molecule is C=O.CC1(c2cccc(F)c2N)CC(C#N)N(C(=O)C2C3C4CC(CC4F)C3CN2C(=O)C(N)C(C)(C)C)C1.[B]C([B])([B])O. The average Bonchev–Trinajstić information content (AvgIpc) is 3.68. The van der Waals surface area contributed by atoms with Crippen molar-refractivity contribution in [2.45, 2.75) is 82.0 Å². The summed E-state index contributed by atoms with van der Waals surface area (Å²) in [4.78, 5) is 39.1. The van der Waals surface area contributed by atoms with Gasteiger partial charge in [0, 0.05) is 18.5 Å². The molecular formula is C30H40B3F2N5O4. The number of carbonyl (C=O) groups excluding carboxylic acids is 3. The zero-order chi connectivity index (χ0) is 33.5. The van der Waals surface area contributed by atoms with Crippen LogP contribution < -0.4 is 11.5 Å². The number of nitrogen functional groups attached to an aromatic ring is 1. The summed E-state index contributed by atoms with van der Waals surface area (Å²) in [6.45, 7) is 10.1. The van der Waals surface area contributed by atoms with E-state index >= 15 is 0 Å². The van der Waals surface area contributed by atoms with Crippen LogP contribution in [0.1, 0.15) is 52.5 Å². The quantitative estimate of drug-likeness (QED) is 0.342. The summed E-state index contributed by atoms with van der Waals surface area (Å²) in [5, 5.41) is 15.9. The van der Waals surface area contributed by atoms with Gasteiger partial charge in [0.25, 0.3) is 0 Å². The van der Waals surface area contributed by atoms with Crippen LogP contribution in [0.3, 0.4) is 0 Å². The maximum Gasteiger partial charge on any atom is 0.246 e. The fourth-order valence-electron chi connectivity index (χ4n) is 7.66. The number of hydrogen-bond donors (Lipinski definition) is 3. The van der Waals surface area contributed by atoms with Gasteiger partial charge in [-0.05, 0) is 65.3 Å². The van der Waals surface area contributed by atoms with Gasteiger partial charge in [-0.25, -0.2) is 8.78 Å². The van der Waals surface area contributed by atoms with E-state index in [1.165, 1.54) is 11.0 Å². The Morgan fingerprint density at radius 3 is 2.32 bits per heavy atom. The predicted octanol–water partition coefficient (Wildman–Crippen LogP) is 0.895. The molecule has 2 aliphatic heterocycles. The second-order valence-electron chi connectivity index (χ2n) is 13.9. The molecule has 1 aromatic rings. The van der Waals surface area contributed by atoms with E-state index in [0.29, 0.717) is 18.5 Å². The van der Waals surface area contributed by atoms with E-state index in [2.05, 4.69) is 29.6 Å². The first kappa shape index (κ1) is 35.6. The van der Waals surface area contributed by atoms with Crippen LogP contribution in [0, 0.1) is 46.2 Å². The molecule has 0 spiro atoms. The number of benzene rings is 1. The van der Waals surface area contributed by atoms with Crippen molar-refractivity contribution in [3.8, 4) is 6.07 Å². The van der Waals surface area contributed by atoms with E-state index in [9.17, 15) is 23.6 Å². The third kappa shape index (κ3) is 6.84. The van der Waals surface area contributed by atoms with E-state index in [1.54, 1.807) is 17.0 Å². The molecule has 44 heavy (non-hydrogen) atoms. The number of rotatable bonds is 3. The van der Waals surface area contributed by atoms with Crippen molar-refractivity contribution in [3.05, 3.63) is 29.6 Å². The molecule has 2 aliphatic carbocycles. The number of amides is 2. The Morgan fingerprint density at radius 2 is 1.77 bits per heavy atom. The zero-order valence-electron chi connectivity index (χ0n) is 25.7. The molecule has 232 valence electrons. The number of nitrogens with two attached hydrogens (primary N) is 2. The number of hydrogen-bond acceptors (Lipinski definition) is 7. The van der Waals surface area contributed by atoms with Crippen molar-refractivity contribution >= 4 is 47.8 Å². The van der Waals surface area contributed by atoms with Gasteiger partial charge in [-0.15, -0.1) is 0 Å². The summed E-state index contributed by atoms with van der Waals surface area (Å²) in [5.41, 5.74) is 11.7. The molecule has 2 heterocycles. The zero-order valence-corrected chi connectivity index (χ0v) is 25.7. The van der Waals surface area contributed by atoms with Gasteiger partial charge in [-0.2, -0.15) is 5.26 Å². The van der Waals surface area contributed by atoms with Crippen LogP contribution in [-0.4, -0.2) is 99.7 Å². The van der Waals surface area contributed by atoms with Gasteiger partial charge < -0.3 is 31.2 Å². The van der Waals surface area contributed by atoms with Crippen molar-refractivity contribution in [1.29, 1.82) is 5.26 Å². The van der Waals surface area contributed by atoms with Crippen molar-refractivity contribution in [2.24, 2.45) is 34.8 Å². The molecule has 4 aliphatic rings. The minimum Gasteiger partial charge on any atom is -0.418 e. The molecule has 5 N–H and O–H groups in total. The number of anilines is 1. The van der Waals surface area contributed by atoms with Crippen LogP contribution in [-0.2, 0) is 19.8 Å². The molecule has 9 unspecified atom stereocenters. The molecule has 6 radical (unpaired) electrons. The largest absolute Gasteiger partial charge is 0.418 e. The van der Waals surface area contributed by atoms with Gasteiger partial charge in [0.15, 0.2) is 0 Å². The van der Waals surface area contributed by atoms with Gasteiger partial charge in [0.2, 0.25) is 11.8 Å². The Morgan fingerprint density at radius 1 is 1.18 bits per heavy atom. The average molecular weight is 605 g/mol. The topological polar surface area (TPSA) is 154 Å². The number of aliphatic hydroxyl groups is 1. The number of fused-ring (bicyclic) bond motifs is 5. The molecule has 9 atom stereocenters. The van der Waals surface area contributed by atoms with Crippen molar-refractivity contribution in [3.63, 3.8) is 0 Å². The third-order valence-corrected chi connectivity index (χ3v) is 9.68. The van der Waals surface area contributed by atoms with Crippen LogP contribution >= 0.6 is 0 Å². The normalized spacial score (nSPS) is 32.9. The van der Waals surface area contributed by atoms with E-state index in [-0.39, 0.29) is 54.1 Å². The number of nitrogens with zero attached hydrogens (tertiary/aromatic N) is 3. The summed E-state index contributed by atoms with van der Waals surface area (Å²) >= 11 is 0. The highest BCUT2D eigenvalue weighted by molar-refractivity contribution is 6.57. The first-order valence-electron chi connectivity index (χ1n) is 14.6. The van der Waals surface area contributed by atoms with Crippen LogP contribution in [0.2, 0.25) is 0 Å². The number of nitriles is 1. The molecule has 5 rings (SSSR count). The number of para-hydroxylation sites is 1. The lowest BCUT2D eigenvalue weighted by molar-refractivity contribution is -0.147. The molecule has 14 heteroatoms. The second kappa shape index (κ2) is 12.8. The van der Waals surface area contributed by atoms with Crippen LogP contribution in [0.25, 0.3) is 0 Å². The van der Waals surface area contributed by atoms with Gasteiger partial charge in [-0.1, -0.05) is 39.8 Å². The Balaban J connectivity index is 0.000000688. The van der Waals surface area contributed by atoms with E-state index in [1.807, 2.05) is 34.5 Å². The lowest BCUT2D eigenvalue weighted by Gasteiger charge is -2.37. The second-order valence-corrected chi connectivity index (χ2v) is 13.9. The number of likely N-dealkylation sites (tertiary alicyclic amines) is 2. The molecule has 1 aromatic carbocycles. The van der Waals surface area contributed by atoms with Crippen LogP contribution in [0.5, 0.6) is 0 Å². The van der Waals surface area contributed by atoms with Crippen molar-refractivity contribution < 1.29 is 28.3 Å². The van der Waals surface area contributed by atoms with E-state index in [0.717, 1.165) is 6.42 Å². The lowest BCUT2D eigenvalue weighted by atomic mass is 9.53. The Kier molecular flexibility index (Phi) is 10.4. The minimum absolute atomic E-state index is 0.0123. The van der Waals surface area contributed by atoms with Crippen LogP contribution in [0.15, 0.2) is 18.2 Å². The summed E-state index contributed by atoms with van der Waals surface area (Å²) in [5.74, 6) is -1.56. The third-order valence-electron chi connectivity index (χ3n) is 9.68. The maximum atomic E-state index is 15.0. The standard InChI is InChI=1S/C28H37F2N5O2.CHB3O.CH2O/c1-27(2,3)24(33)26(37)34-12-17-14-8-16(20(30)9-14)21(17)23(34)25(36)35-13-28(4,10-15(35)11-31)18-6-5-7-19(29)22(18)32;2-1(3,4)5;1-2/h5-7,14-17,20-21,23-24H,8-10,12-13,32-33H2,1-4H3;5H;1H2. The minimum atomic E-state index is -2.00. The van der Waals surface area contributed by atoms with Crippen LogP contribution in [0.4, 0.5) is 14.5 Å². The summed E-state index contributed by atoms with van der Waals surface area (Å²) in [6.07, 6.45) is 0.501.